The predicted molar refractivity (Wildman–Crippen MR) is 74.2 cm³/mol. The maximum absolute atomic E-state index is 9.77. The molecule has 0 heterocycles. The van der Waals surface area contributed by atoms with Crippen LogP contribution in [0.1, 0.15) is 46.0 Å². The molecule has 0 aromatic rings. The number of carbonyl (C=O) groups excluding carboxylic acids is 1. The van der Waals surface area contributed by atoms with Gasteiger partial charge in [-0.1, -0.05) is 19.8 Å². The lowest BCUT2D eigenvalue weighted by Crippen LogP contribution is -2.16. The summed E-state index contributed by atoms with van der Waals surface area (Å²) in [6.07, 6.45) is 6.28. The van der Waals surface area contributed by atoms with E-state index >= 15 is 0 Å². The average molecular weight is 263 g/mol. The molecule has 6 nitrogen and oxygen atoms in total. The van der Waals surface area contributed by atoms with Crippen LogP contribution in [0.5, 0.6) is 0 Å². The van der Waals surface area contributed by atoms with Gasteiger partial charge in [0.05, 0.1) is 0 Å². The molecule has 1 unspecified atom stereocenters. The molecule has 0 rings (SSSR count). The molecule has 110 valence electrons. The van der Waals surface area contributed by atoms with Gasteiger partial charge in [0.25, 0.3) is 6.47 Å². The highest BCUT2D eigenvalue weighted by atomic mass is 16.3. The van der Waals surface area contributed by atoms with Gasteiger partial charge in [0, 0.05) is 12.6 Å². The van der Waals surface area contributed by atoms with Crippen molar-refractivity contribution < 1.29 is 14.7 Å². The zero-order valence-corrected chi connectivity index (χ0v) is 11.6. The van der Waals surface area contributed by atoms with Crippen molar-refractivity contribution in [2.45, 2.75) is 52.0 Å². The lowest BCUT2D eigenvalue weighted by molar-refractivity contribution is -0.122. The monoisotopic (exact) mass is 263 g/mol. The normalized spacial score (nSPS) is 10.0. The number of amides is 1. The zero-order valence-electron chi connectivity index (χ0n) is 11.6. The van der Waals surface area contributed by atoms with E-state index in [2.05, 4.69) is 12.2 Å². The molecular formula is C12H29N3O3. The Bertz CT molecular complexity index is 154. The fourth-order valence-corrected chi connectivity index (χ4v) is 0.956. The van der Waals surface area contributed by atoms with Crippen LogP contribution in [0.2, 0.25) is 0 Å². The summed E-state index contributed by atoms with van der Waals surface area (Å²) in [5, 5.41) is 9.49. The fraction of sp³-hybridized carbons (Fsp3) is 0.833. The Labute approximate surface area is 110 Å². The Morgan fingerprint density at radius 1 is 1.28 bits per heavy atom. The van der Waals surface area contributed by atoms with Crippen molar-refractivity contribution in [2.75, 3.05) is 13.1 Å². The first-order valence-corrected chi connectivity index (χ1v) is 6.31. The molecule has 0 aliphatic heterocycles. The second kappa shape index (κ2) is 24.9. The summed E-state index contributed by atoms with van der Waals surface area (Å²) in [6.45, 7) is 5.49. The molecule has 0 aliphatic carbocycles. The number of nitrogens with one attached hydrogen (secondary N) is 1. The van der Waals surface area contributed by atoms with Gasteiger partial charge < -0.3 is 21.9 Å². The van der Waals surface area contributed by atoms with Crippen LogP contribution in [-0.2, 0) is 9.59 Å². The molecule has 1 amide bonds. The first kappa shape index (κ1) is 22.1. The number of unbranched alkanes of at least 4 members (excludes halogenated alkanes) is 2. The van der Waals surface area contributed by atoms with Crippen molar-refractivity contribution >= 4 is 12.9 Å². The highest BCUT2D eigenvalue weighted by molar-refractivity contribution is 5.45. The molecule has 0 fully saturated rings. The Balaban J connectivity index is -0.000000235. The minimum absolute atomic E-state index is 0.250. The Morgan fingerprint density at radius 3 is 2.11 bits per heavy atom. The summed E-state index contributed by atoms with van der Waals surface area (Å²) < 4.78 is 0. The summed E-state index contributed by atoms with van der Waals surface area (Å²) in [5.41, 5.74) is 10.7. The molecule has 18 heavy (non-hydrogen) atoms. The van der Waals surface area contributed by atoms with Gasteiger partial charge in [0.1, 0.15) is 0 Å². The van der Waals surface area contributed by atoms with E-state index in [1.54, 1.807) is 0 Å². The van der Waals surface area contributed by atoms with Gasteiger partial charge in [0.15, 0.2) is 0 Å². The van der Waals surface area contributed by atoms with Crippen LogP contribution < -0.4 is 16.8 Å². The van der Waals surface area contributed by atoms with E-state index in [1.165, 1.54) is 12.8 Å². The third-order valence-electron chi connectivity index (χ3n) is 1.87. The maximum atomic E-state index is 9.77. The highest BCUT2D eigenvalue weighted by Crippen LogP contribution is 1.95. The summed E-state index contributed by atoms with van der Waals surface area (Å²) in [5.74, 6) is 0. The first-order chi connectivity index (χ1) is 8.60. The molecule has 0 aliphatic rings. The topological polar surface area (TPSA) is 118 Å². The molecule has 0 aromatic carbocycles. The number of carbonyl (C=O) groups is 2. The van der Waals surface area contributed by atoms with Gasteiger partial charge in [0.2, 0.25) is 6.41 Å². The van der Waals surface area contributed by atoms with Gasteiger partial charge in [-0.25, -0.2) is 0 Å². The summed E-state index contributed by atoms with van der Waals surface area (Å²) in [6, 6.07) is 0.288. The molecule has 0 saturated carbocycles. The van der Waals surface area contributed by atoms with Crippen LogP contribution in [0, 0.1) is 0 Å². The second-order valence-corrected chi connectivity index (χ2v) is 3.79. The SMILES string of the molecule is CC(N)CCCCNC=O.CCCCN.O=CO. The average Bonchev–Trinajstić information content (AvgIpc) is 2.31. The molecule has 0 bridgehead atoms. The van der Waals surface area contributed by atoms with Crippen molar-refractivity contribution in [3.63, 3.8) is 0 Å². The molecule has 0 spiro atoms. The molecule has 6 N–H and O–H groups in total. The summed E-state index contributed by atoms with van der Waals surface area (Å²) >= 11 is 0. The van der Waals surface area contributed by atoms with Crippen LogP contribution in [0.15, 0.2) is 0 Å². The molecule has 1 atom stereocenters. The zero-order chi connectivity index (χ0) is 14.6. The van der Waals surface area contributed by atoms with E-state index in [4.69, 9.17) is 21.4 Å². The lowest BCUT2D eigenvalue weighted by Gasteiger charge is -2.02. The predicted octanol–water partition coefficient (Wildman–Crippen LogP) is 0.696. The third-order valence-corrected chi connectivity index (χ3v) is 1.87. The standard InChI is InChI=1S/C7H16N2O.C4H11N.CH2O2/c1-7(8)4-2-3-5-9-6-10;1-2-3-4-5;2-1-3/h6-7H,2-5,8H2,1H3,(H,9,10);2-5H2,1H3;1H,(H,2,3). The van der Waals surface area contributed by atoms with E-state index in [0.29, 0.717) is 0 Å². The molecule has 6 heteroatoms. The van der Waals surface area contributed by atoms with E-state index in [-0.39, 0.29) is 12.5 Å². The number of carboxylic acid groups (broad SMARTS) is 1. The quantitative estimate of drug-likeness (QED) is 0.379. The second-order valence-electron chi connectivity index (χ2n) is 3.79. The van der Waals surface area contributed by atoms with Gasteiger partial charge in [-0.3, -0.25) is 9.59 Å². The Morgan fingerprint density at radius 2 is 1.83 bits per heavy atom. The van der Waals surface area contributed by atoms with E-state index < -0.39 is 0 Å². The van der Waals surface area contributed by atoms with Crippen LogP contribution in [-0.4, -0.2) is 37.1 Å². The van der Waals surface area contributed by atoms with E-state index in [0.717, 1.165) is 38.8 Å². The first-order valence-electron chi connectivity index (χ1n) is 6.31. The van der Waals surface area contributed by atoms with Crippen molar-refractivity contribution in [3.8, 4) is 0 Å². The van der Waals surface area contributed by atoms with Crippen LogP contribution in [0.3, 0.4) is 0 Å². The van der Waals surface area contributed by atoms with Crippen LogP contribution in [0.4, 0.5) is 0 Å². The van der Waals surface area contributed by atoms with Gasteiger partial charge in [-0.05, 0) is 32.7 Å². The molecule has 0 saturated heterocycles. The van der Waals surface area contributed by atoms with Crippen LogP contribution >= 0.6 is 0 Å². The highest BCUT2D eigenvalue weighted by Gasteiger charge is 1.92. The molecule has 0 radical (unpaired) electrons. The minimum Gasteiger partial charge on any atom is -0.483 e. The maximum Gasteiger partial charge on any atom is 0.290 e. The Hall–Kier alpha value is -1.14. The minimum atomic E-state index is -0.250. The molecular weight excluding hydrogens is 234 g/mol. The van der Waals surface area contributed by atoms with Gasteiger partial charge in [-0.15, -0.1) is 0 Å². The van der Waals surface area contributed by atoms with E-state index in [1.807, 2.05) is 6.92 Å². The van der Waals surface area contributed by atoms with Crippen molar-refractivity contribution in [1.29, 1.82) is 0 Å². The van der Waals surface area contributed by atoms with E-state index in [9.17, 15) is 4.79 Å². The lowest BCUT2D eigenvalue weighted by atomic mass is 10.1. The fourth-order valence-electron chi connectivity index (χ4n) is 0.956. The smallest absolute Gasteiger partial charge is 0.290 e. The van der Waals surface area contributed by atoms with Gasteiger partial charge >= 0.3 is 0 Å². The number of rotatable bonds is 8. The van der Waals surface area contributed by atoms with Crippen molar-refractivity contribution in [2.24, 2.45) is 11.5 Å². The summed E-state index contributed by atoms with van der Waals surface area (Å²) in [4.78, 5) is 18.1. The van der Waals surface area contributed by atoms with Gasteiger partial charge in [-0.2, -0.15) is 0 Å². The number of hydrogen-bond donors (Lipinski definition) is 4. The summed E-state index contributed by atoms with van der Waals surface area (Å²) in [7, 11) is 0. The number of nitrogens with two attached hydrogens (primary N) is 2. The number of hydrogen-bond acceptors (Lipinski definition) is 4. The third kappa shape index (κ3) is 46.2. The Kier molecular flexibility index (Phi) is 30.5. The van der Waals surface area contributed by atoms with Crippen LogP contribution in [0.25, 0.3) is 0 Å². The van der Waals surface area contributed by atoms with Crippen molar-refractivity contribution in [3.05, 3.63) is 0 Å². The molecule has 0 aromatic heterocycles. The largest absolute Gasteiger partial charge is 0.483 e. The van der Waals surface area contributed by atoms with Crippen molar-refractivity contribution in [1.82, 2.24) is 5.32 Å².